The number of carbonyl (C=O) groups excluding carboxylic acids is 1. The van der Waals surface area contributed by atoms with E-state index in [9.17, 15) is 9.59 Å². The predicted molar refractivity (Wildman–Crippen MR) is 117 cm³/mol. The van der Waals surface area contributed by atoms with Crippen LogP contribution in [-0.2, 0) is 4.79 Å². The van der Waals surface area contributed by atoms with Gasteiger partial charge in [0, 0.05) is 5.69 Å². The highest BCUT2D eigenvalue weighted by Gasteiger charge is 2.12. The van der Waals surface area contributed by atoms with E-state index in [-0.39, 0.29) is 18.1 Å². The monoisotopic (exact) mass is 399 g/mol. The van der Waals surface area contributed by atoms with Crippen molar-refractivity contribution < 1.29 is 9.53 Å². The number of rotatable bonds is 5. The molecule has 0 saturated carbocycles. The van der Waals surface area contributed by atoms with Gasteiger partial charge in [0.15, 0.2) is 6.61 Å². The molecule has 0 fully saturated rings. The number of carbonyl (C=O) groups is 1. The highest BCUT2D eigenvalue weighted by Crippen LogP contribution is 2.20. The summed E-state index contributed by atoms with van der Waals surface area (Å²) in [5, 5.41) is 3.42. The van der Waals surface area contributed by atoms with Gasteiger partial charge in [0.1, 0.15) is 11.6 Å². The van der Waals surface area contributed by atoms with Crippen molar-refractivity contribution >= 4 is 22.5 Å². The quantitative estimate of drug-likeness (QED) is 0.550. The van der Waals surface area contributed by atoms with E-state index in [0.717, 1.165) is 5.56 Å². The van der Waals surface area contributed by atoms with Gasteiger partial charge >= 0.3 is 0 Å². The zero-order valence-electron chi connectivity index (χ0n) is 16.8. The first-order chi connectivity index (χ1) is 14.5. The summed E-state index contributed by atoms with van der Waals surface area (Å²) in [5.41, 5.74) is 2.76. The Bertz CT molecular complexity index is 1280. The molecule has 3 aromatic carbocycles. The molecular formula is C24H21N3O3. The number of amides is 1. The molecule has 0 bridgehead atoms. The van der Waals surface area contributed by atoms with Gasteiger partial charge in [-0.2, -0.15) is 0 Å². The average molecular weight is 399 g/mol. The van der Waals surface area contributed by atoms with Crippen LogP contribution < -0.4 is 15.6 Å². The predicted octanol–water partition coefficient (Wildman–Crippen LogP) is 4.02. The van der Waals surface area contributed by atoms with E-state index < -0.39 is 0 Å². The minimum absolute atomic E-state index is 0.0850. The van der Waals surface area contributed by atoms with Gasteiger partial charge in [-0.25, -0.2) is 4.98 Å². The zero-order chi connectivity index (χ0) is 21.1. The molecule has 4 aromatic rings. The zero-order valence-corrected chi connectivity index (χ0v) is 16.8. The van der Waals surface area contributed by atoms with Crippen LogP contribution in [0, 0.1) is 13.8 Å². The van der Waals surface area contributed by atoms with Crippen LogP contribution in [0.25, 0.3) is 16.6 Å². The van der Waals surface area contributed by atoms with E-state index in [1.165, 1.54) is 0 Å². The lowest BCUT2D eigenvalue weighted by atomic mass is 10.1. The van der Waals surface area contributed by atoms with Crippen LogP contribution in [0.15, 0.2) is 77.6 Å². The molecule has 30 heavy (non-hydrogen) atoms. The van der Waals surface area contributed by atoms with Crippen molar-refractivity contribution in [3.05, 3.63) is 94.5 Å². The van der Waals surface area contributed by atoms with Crippen molar-refractivity contribution in [1.29, 1.82) is 0 Å². The first kappa shape index (κ1) is 19.4. The summed E-state index contributed by atoms with van der Waals surface area (Å²) in [7, 11) is 0. The number of ether oxygens (including phenoxy) is 1. The van der Waals surface area contributed by atoms with Crippen molar-refractivity contribution in [2.45, 2.75) is 13.8 Å². The fraction of sp³-hybridized carbons (Fsp3) is 0.125. The Morgan fingerprint density at radius 1 is 1.00 bits per heavy atom. The highest BCUT2D eigenvalue weighted by atomic mass is 16.5. The molecule has 0 aliphatic heterocycles. The van der Waals surface area contributed by atoms with Crippen molar-refractivity contribution in [2.75, 3.05) is 11.9 Å². The molecule has 0 aliphatic carbocycles. The molecule has 1 N–H and O–H groups in total. The molecule has 4 rings (SSSR count). The van der Waals surface area contributed by atoms with Crippen LogP contribution in [0.1, 0.15) is 11.4 Å². The molecule has 0 radical (unpaired) electrons. The number of nitrogens with one attached hydrogen (secondary N) is 1. The summed E-state index contributed by atoms with van der Waals surface area (Å²) in [4.78, 5) is 29.8. The minimum atomic E-state index is -0.254. The summed E-state index contributed by atoms with van der Waals surface area (Å²) in [5.74, 6) is 0.986. The molecule has 0 aliphatic rings. The molecule has 150 valence electrons. The Balaban J connectivity index is 1.56. The molecule has 0 saturated heterocycles. The molecule has 0 spiro atoms. The van der Waals surface area contributed by atoms with Crippen LogP contribution in [0.2, 0.25) is 0 Å². The number of fused-ring (bicyclic) bond motifs is 1. The SMILES string of the molecule is Cc1cc(-n2c(C)nc3ccccc3c2=O)ccc1NC(=O)COc1ccccc1. The summed E-state index contributed by atoms with van der Waals surface area (Å²) in [6, 6.07) is 21.9. The number of benzene rings is 3. The van der Waals surface area contributed by atoms with E-state index in [4.69, 9.17) is 4.74 Å². The lowest BCUT2D eigenvalue weighted by molar-refractivity contribution is -0.118. The third kappa shape index (κ3) is 3.93. The third-order valence-corrected chi connectivity index (χ3v) is 4.80. The second kappa shape index (κ2) is 8.21. The maximum atomic E-state index is 13.0. The number of hydrogen-bond acceptors (Lipinski definition) is 4. The van der Waals surface area contributed by atoms with E-state index in [2.05, 4.69) is 10.3 Å². The smallest absolute Gasteiger partial charge is 0.265 e. The standard InChI is InChI=1S/C24H21N3O3/c1-16-14-18(27-17(2)25-22-11-7-6-10-20(22)24(27)29)12-13-21(16)26-23(28)15-30-19-8-4-3-5-9-19/h3-14H,15H2,1-2H3,(H,26,28). The molecule has 1 aromatic heterocycles. The van der Waals surface area contributed by atoms with E-state index in [1.54, 1.807) is 41.8 Å². The van der Waals surface area contributed by atoms with Gasteiger partial charge in [0.2, 0.25) is 0 Å². The second-order valence-corrected chi connectivity index (χ2v) is 6.97. The van der Waals surface area contributed by atoms with Gasteiger partial charge in [0.25, 0.3) is 11.5 Å². The van der Waals surface area contributed by atoms with Gasteiger partial charge in [-0.3, -0.25) is 14.2 Å². The summed E-state index contributed by atoms with van der Waals surface area (Å²) in [6.45, 7) is 3.60. The molecule has 1 heterocycles. The van der Waals surface area contributed by atoms with Crippen LogP contribution in [-0.4, -0.2) is 22.1 Å². The number of hydrogen-bond donors (Lipinski definition) is 1. The average Bonchev–Trinajstić information content (AvgIpc) is 2.75. The Hall–Kier alpha value is -3.93. The van der Waals surface area contributed by atoms with E-state index >= 15 is 0 Å². The van der Waals surface area contributed by atoms with E-state index in [0.29, 0.717) is 33.9 Å². The fourth-order valence-corrected chi connectivity index (χ4v) is 3.33. The number of anilines is 1. The van der Waals surface area contributed by atoms with Crippen molar-refractivity contribution in [2.24, 2.45) is 0 Å². The Morgan fingerprint density at radius 3 is 2.50 bits per heavy atom. The van der Waals surface area contributed by atoms with Gasteiger partial charge in [-0.15, -0.1) is 0 Å². The van der Waals surface area contributed by atoms with Gasteiger partial charge in [-0.05, 0) is 61.9 Å². The topological polar surface area (TPSA) is 73.2 Å². The molecule has 6 heteroatoms. The van der Waals surface area contributed by atoms with Crippen LogP contribution in [0.3, 0.4) is 0 Å². The first-order valence-electron chi connectivity index (χ1n) is 9.60. The number of aromatic nitrogens is 2. The highest BCUT2D eigenvalue weighted by molar-refractivity contribution is 5.92. The van der Waals surface area contributed by atoms with Crippen LogP contribution in [0.4, 0.5) is 5.69 Å². The maximum Gasteiger partial charge on any atom is 0.265 e. The van der Waals surface area contributed by atoms with Crippen LogP contribution >= 0.6 is 0 Å². The van der Waals surface area contributed by atoms with Crippen molar-refractivity contribution in [3.63, 3.8) is 0 Å². The summed E-state index contributed by atoms with van der Waals surface area (Å²) >= 11 is 0. The largest absolute Gasteiger partial charge is 0.484 e. The molecular weight excluding hydrogens is 378 g/mol. The normalized spacial score (nSPS) is 10.7. The lowest BCUT2D eigenvalue weighted by Gasteiger charge is -2.14. The Morgan fingerprint density at radius 2 is 1.73 bits per heavy atom. The lowest BCUT2D eigenvalue weighted by Crippen LogP contribution is -2.23. The van der Waals surface area contributed by atoms with E-state index in [1.807, 2.05) is 49.4 Å². The van der Waals surface area contributed by atoms with Gasteiger partial charge < -0.3 is 10.1 Å². The Kier molecular flexibility index (Phi) is 5.30. The minimum Gasteiger partial charge on any atom is -0.484 e. The van der Waals surface area contributed by atoms with Gasteiger partial charge in [0.05, 0.1) is 16.6 Å². The molecule has 0 unspecified atom stereocenters. The molecule has 1 amide bonds. The second-order valence-electron chi connectivity index (χ2n) is 6.97. The fourth-order valence-electron chi connectivity index (χ4n) is 3.33. The van der Waals surface area contributed by atoms with Crippen molar-refractivity contribution in [1.82, 2.24) is 9.55 Å². The molecule has 0 atom stereocenters. The maximum absolute atomic E-state index is 13.0. The van der Waals surface area contributed by atoms with Crippen molar-refractivity contribution in [3.8, 4) is 11.4 Å². The Labute approximate surface area is 173 Å². The summed E-state index contributed by atoms with van der Waals surface area (Å²) < 4.78 is 7.06. The number of para-hydroxylation sites is 2. The molecule has 6 nitrogen and oxygen atoms in total. The number of nitrogens with zero attached hydrogens (tertiary/aromatic N) is 2. The number of aryl methyl sites for hydroxylation is 2. The third-order valence-electron chi connectivity index (χ3n) is 4.80. The summed E-state index contributed by atoms with van der Waals surface area (Å²) in [6.07, 6.45) is 0. The van der Waals surface area contributed by atoms with Crippen LogP contribution in [0.5, 0.6) is 5.75 Å². The first-order valence-corrected chi connectivity index (χ1v) is 9.60. The van der Waals surface area contributed by atoms with Gasteiger partial charge in [-0.1, -0.05) is 30.3 Å².